The van der Waals surface area contributed by atoms with Crippen LogP contribution in [0, 0.1) is 0 Å². The van der Waals surface area contributed by atoms with Crippen LogP contribution in [0.1, 0.15) is 19.4 Å². The second-order valence-electron chi connectivity index (χ2n) is 4.20. The normalized spacial score (nSPS) is 10.4. The summed E-state index contributed by atoms with van der Waals surface area (Å²) in [6.07, 6.45) is 0. The second kappa shape index (κ2) is 6.86. The molecule has 0 saturated carbocycles. The fourth-order valence-electron chi connectivity index (χ4n) is 1.40. The molecule has 0 aliphatic rings. The molecule has 0 saturated heterocycles. The summed E-state index contributed by atoms with van der Waals surface area (Å²) in [7, 11) is 1.53. The number of ether oxygens (including phenoxy) is 2. The molecule has 0 radical (unpaired) electrons. The first-order valence-electron chi connectivity index (χ1n) is 5.77. The number of carboxylic acids is 1. The first-order valence-corrected chi connectivity index (χ1v) is 5.77. The van der Waals surface area contributed by atoms with E-state index in [4.69, 9.17) is 14.6 Å². The molecule has 5 heteroatoms. The number of methoxy groups -OCH3 is 1. The number of rotatable bonds is 7. The van der Waals surface area contributed by atoms with E-state index in [0.29, 0.717) is 17.5 Å². The van der Waals surface area contributed by atoms with Gasteiger partial charge in [-0.2, -0.15) is 0 Å². The topological polar surface area (TPSA) is 67.8 Å². The van der Waals surface area contributed by atoms with E-state index in [2.05, 4.69) is 19.2 Å². The van der Waals surface area contributed by atoms with Crippen molar-refractivity contribution in [1.29, 1.82) is 0 Å². The Kier molecular flexibility index (Phi) is 5.45. The van der Waals surface area contributed by atoms with Crippen LogP contribution in [-0.4, -0.2) is 30.8 Å². The van der Waals surface area contributed by atoms with Crippen molar-refractivity contribution in [2.45, 2.75) is 26.4 Å². The van der Waals surface area contributed by atoms with Gasteiger partial charge >= 0.3 is 5.97 Å². The Bertz CT molecular complexity index is 404. The summed E-state index contributed by atoms with van der Waals surface area (Å²) >= 11 is 0. The van der Waals surface area contributed by atoms with Gasteiger partial charge in [-0.15, -0.1) is 0 Å². The molecule has 1 rings (SSSR count). The Morgan fingerprint density at radius 2 is 2.11 bits per heavy atom. The monoisotopic (exact) mass is 253 g/mol. The van der Waals surface area contributed by atoms with E-state index in [-0.39, 0.29) is 6.61 Å². The van der Waals surface area contributed by atoms with Crippen LogP contribution in [-0.2, 0) is 11.3 Å². The molecule has 1 aromatic rings. The smallest absolute Gasteiger partial charge is 0.341 e. The molecule has 100 valence electrons. The molecule has 0 bridgehead atoms. The molecule has 0 atom stereocenters. The molecular formula is C13H19NO4. The first-order chi connectivity index (χ1) is 8.52. The Morgan fingerprint density at radius 1 is 1.39 bits per heavy atom. The van der Waals surface area contributed by atoms with Crippen LogP contribution in [0.5, 0.6) is 11.5 Å². The molecule has 0 unspecified atom stereocenters. The highest BCUT2D eigenvalue weighted by Gasteiger charge is 2.07. The summed E-state index contributed by atoms with van der Waals surface area (Å²) < 4.78 is 10.3. The van der Waals surface area contributed by atoms with Gasteiger partial charge in [-0.05, 0) is 17.7 Å². The summed E-state index contributed by atoms with van der Waals surface area (Å²) in [5, 5.41) is 11.9. The molecule has 0 aliphatic heterocycles. The van der Waals surface area contributed by atoms with Gasteiger partial charge in [0.25, 0.3) is 0 Å². The van der Waals surface area contributed by atoms with E-state index in [1.54, 1.807) is 6.07 Å². The fourth-order valence-corrected chi connectivity index (χ4v) is 1.40. The van der Waals surface area contributed by atoms with E-state index in [9.17, 15) is 4.79 Å². The van der Waals surface area contributed by atoms with Crippen molar-refractivity contribution in [3.05, 3.63) is 23.8 Å². The van der Waals surface area contributed by atoms with Gasteiger partial charge < -0.3 is 19.9 Å². The first kappa shape index (κ1) is 14.3. The molecular weight excluding hydrogens is 234 g/mol. The van der Waals surface area contributed by atoms with Crippen LogP contribution in [0.15, 0.2) is 18.2 Å². The standard InChI is InChI=1S/C13H19NO4/c1-9(2)14-7-10-4-5-11(12(6-10)17-3)18-8-13(15)16/h4-6,9,14H,7-8H2,1-3H3,(H,15,16). The minimum atomic E-state index is -1.01. The third-order valence-corrected chi connectivity index (χ3v) is 2.29. The Balaban J connectivity index is 2.73. The van der Waals surface area contributed by atoms with E-state index in [1.807, 2.05) is 12.1 Å². The Hall–Kier alpha value is -1.75. The SMILES string of the molecule is COc1cc(CNC(C)C)ccc1OCC(=O)O. The van der Waals surface area contributed by atoms with E-state index >= 15 is 0 Å². The highest BCUT2D eigenvalue weighted by atomic mass is 16.5. The number of carboxylic acid groups (broad SMARTS) is 1. The molecule has 1 aromatic carbocycles. The molecule has 5 nitrogen and oxygen atoms in total. The highest BCUT2D eigenvalue weighted by Crippen LogP contribution is 2.28. The second-order valence-corrected chi connectivity index (χ2v) is 4.20. The molecule has 0 fully saturated rings. The van der Waals surface area contributed by atoms with E-state index in [0.717, 1.165) is 12.1 Å². The average Bonchev–Trinajstić information content (AvgIpc) is 2.34. The van der Waals surface area contributed by atoms with Crippen LogP contribution in [0.3, 0.4) is 0 Å². The summed E-state index contributed by atoms with van der Waals surface area (Å²) in [5.41, 5.74) is 1.06. The minimum Gasteiger partial charge on any atom is -0.493 e. The average molecular weight is 253 g/mol. The van der Waals surface area contributed by atoms with Crippen LogP contribution >= 0.6 is 0 Å². The lowest BCUT2D eigenvalue weighted by Crippen LogP contribution is -2.21. The molecule has 0 aromatic heterocycles. The third kappa shape index (κ3) is 4.63. The Labute approximate surface area is 107 Å². The number of nitrogens with one attached hydrogen (secondary N) is 1. The molecule has 0 spiro atoms. The van der Waals surface area contributed by atoms with Gasteiger partial charge in [0.2, 0.25) is 0 Å². The van der Waals surface area contributed by atoms with Gasteiger partial charge in [0.1, 0.15) is 0 Å². The van der Waals surface area contributed by atoms with Crippen molar-refractivity contribution >= 4 is 5.97 Å². The van der Waals surface area contributed by atoms with Crippen molar-refractivity contribution in [3.63, 3.8) is 0 Å². The minimum absolute atomic E-state index is 0.375. The maximum atomic E-state index is 10.4. The maximum Gasteiger partial charge on any atom is 0.341 e. The van der Waals surface area contributed by atoms with Gasteiger partial charge in [-0.1, -0.05) is 19.9 Å². The van der Waals surface area contributed by atoms with Crippen molar-refractivity contribution in [1.82, 2.24) is 5.32 Å². The summed E-state index contributed by atoms with van der Waals surface area (Å²) in [4.78, 5) is 10.4. The maximum absolute atomic E-state index is 10.4. The summed E-state index contributed by atoms with van der Waals surface area (Å²) in [6, 6.07) is 5.85. The number of hydrogen-bond acceptors (Lipinski definition) is 4. The highest BCUT2D eigenvalue weighted by molar-refractivity contribution is 5.68. The third-order valence-electron chi connectivity index (χ3n) is 2.29. The van der Waals surface area contributed by atoms with E-state index < -0.39 is 5.97 Å². The lowest BCUT2D eigenvalue weighted by Gasteiger charge is -2.12. The number of carbonyl (C=O) groups is 1. The predicted molar refractivity (Wildman–Crippen MR) is 68.1 cm³/mol. The van der Waals surface area contributed by atoms with Crippen molar-refractivity contribution in [2.75, 3.05) is 13.7 Å². The molecule has 0 amide bonds. The van der Waals surface area contributed by atoms with Crippen LogP contribution in [0.2, 0.25) is 0 Å². The molecule has 18 heavy (non-hydrogen) atoms. The molecule has 0 aliphatic carbocycles. The Morgan fingerprint density at radius 3 is 2.67 bits per heavy atom. The number of benzene rings is 1. The fraction of sp³-hybridized carbons (Fsp3) is 0.462. The zero-order valence-electron chi connectivity index (χ0n) is 10.9. The number of aliphatic carboxylic acids is 1. The quantitative estimate of drug-likeness (QED) is 0.773. The van der Waals surface area contributed by atoms with Gasteiger partial charge in [-0.25, -0.2) is 4.79 Å². The number of hydrogen-bond donors (Lipinski definition) is 2. The summed E-state index contributed by atoms with van der Waals surface area (Å²) in [5.74, 6) is -0.0323. The van der Waals surface area contributed by atoms with E-state index in [1.165, 1.54) is 7.11 Å². The lowest BCUT2D eigenvalue weighted by molar-refractivity contribution is -0.139. The predicted octanol–water partition coefficient (Wildman–Crippen LogP) is 1.66. The van der Waals surface area contributed by atoms with Crippen LogP contribution in [0.25, 0.3) is 0 Å². The van der Waals surface area contributed by atoms with Crippen LogP contribution in [0.4, 0.5) is 0 Å². The van der Waals surface area contributed by atoms with Gasteiger partial charge in [0, 0.05) is 12.6 Å². The zero-order valence-corrected chi connectivity index (χ0v) is 10.9. The van der Waals surface area contributed by atoms with Crippen molar-refractivity contribution in [3.8, 4) is 11.5 Å². The largest absolute Gasteiger partial charge is 0.493 e. The van der Waals surface area contributed by atoms with Crippen LogP contribution < -0.4 is 14.8 Å². The van der Waals surface area contributed by atoms with Crippen molar-refractivity contribution in [2.24, 2.45) is 0 Å². The summed E-state index contributed by atoms with van der Waals surface area (Å²) in [6.45, 7) is 4.50. The van der Waals surface area contributed by atoms with Gasteiger partial charge in [0.15, 0.2) is 18.1 Å². The zero-order chi connectivity index (χ0) is 13.5. The molecule has 0 heterocycles. The van der Waals surface area contributed by atoms with Crippen molar-refractivity contribution < 1.29 is 19.4 Å². The van der Waals surface area contributed by atoms with Gasteiger partial charge in [0.05, 0.1) is 7.11 Å². The van der Waals surface area contributed by atoms with Gasteiger partial charge in [-0.3, -0.25) is 0 Å². The lowest BCUT2D eigenvalue weighted by atomic mass is 10.2. The molecule has 2 N–H and O–H groups in total.